The van der Waals surface area contributed by atoms with Crippen LogP contribution in [0, 0.1) is 10.2 Å². The highest BCUT2D eigenvalue weighted by Gasteiger charge is 2.32. The lowest BCUT2D eigenvalue weighted by molar-refractivity contribution is -2.00. The normalized spacial score (nSPS) is 16.5. The highest BCUT2D eigenvalue weighted by molar-refractivity contribution is 6.13. The molecule has 2 heterocycles. The summed E-state index contributed by atoms with van der Waals surface area (Å²) in [6, 6.07) is 20.0. The molecule has 3 aliphatic rings. The second kappa shape index (κ2) is 11.7. The average Bonchev–Trinajstić information content (AvgIpc) is 3.25. The Kier molecular flexibility index (Phi) is 8.22. The molecule has 0 N–H and O–H groups in total. The Bertz CT molecular complexity index is 1380. The van der Waals surface area contributed by atoms with E-state index in [2.05, 4.69) is 0 Å². The fourth-order valence-electron chi connectivity index (χ4n) is 3.69. The van der Waals surface area contributed by atoms with Crippen LogP contribution in [0.15, 0.2) is 133 Å². The molecule has 9 heteroatoms. The monoisotopic (exact) mass is 529 g/mol. The van der Waals surface area contributed by atoms with Gasteiger partial charge in [-0.15, -0.1) is 10.2 Å². The van der Waals surface area contributed by atoms with Gasteiger partial charge in [-0.2, -0.15) is 0 Å². The lowest BCUT2D eigenvalue weighted by Gasteiger charge is -2.19. The van der Waals surface area contributed by atoms with Gasteiger partial charge in [-0.3, -0.25) is 0 Å². The van der Waals surface area contributed by atoms with E-state index in [1.807, 2.05) is 97.1 Å². The molecule has 2 amide bonds. The van der Waals surface area contributed by atoms with Gasteiger partial charge < -0.3 is 4.74 Å². The maximum atomic E-state index is 11.9. The number of hydrogen-bond acceptors (Lipinski definition) is 7. The van der Waals surface area contributed by atoms with Crippen molar-refractivity contribution in [2.24, 2.45) is 0 Å². The van der Waals surface area contributed by atoms with Crippen molar-refractivity contribution >= 4 is 29.0 Å². The lowest BCUT2D eigenvalue weighted by atomic mass is 10.0. The number of allylic oxidation sites excluding steroid dienone is 10. The summed E-state index contributed by atoms with van der Waals surface area (Å²) >= 11 is 0. The fraction of sp³-hybridized carbons (Fsp3) is 0. The van der Waals surface area contributed by atoms with Crippen LogP contribution < -0.4 is 18.6 Å². The first-order valence-corrected chi connectivity index (χ1v) is 12.5. The number of amides is 2. The van der Waals surface area contributed by atoms with Crippen LogP contribution in [0.1, 0.15) is 11.1 Å². The van der Waals surface area contributed by atoms with Crippen LogP contribution in [0.3, 0.4) is 0 Å². The molecular weight excluding hydrogens is 510 g/mol. The van der Waals surface area contributed by atoms with Gasteiger partial charge in [0.2, 0.25) is 5.71 Å². The molecule has 2 aromatic carbocycles. The Morgan fingerprint density at radius 1 is 0.605 bits per heavy atom. The van der Waals surface area contributed by atoms with Gasteiger partial charge in [0, 0.05) is 23.3 Å². The predicted molar refractivity (Wildman–Crippen MR) is 129 cm³/mol. The van der Waals surface area contributed by atoms with E-state index in [-0.39, 0.29) is 11.8 Å². The summed E-state index contributed by atoms with van der Waals surface area (Å²) < 4.78 is 41.4. The number of rotatable bonds is 3. The topological polar surface area (TPSA) is 139 Å². The number of halogens is 1. The highest BCUT2D eigenvalue weighted by atomic mass is 35.7. The molecule has 0 unspecified atom stereocenters. The van der Waals surface area contributed by atoms with Crippen LogP contribution >= 0.6 is 0 Å². The largest absolute Gasteiger partial charge is 0.456 e. The van der Waals surface area contributed by atoms with Crippen LogP contribution in [0.4, 0.5) is 0 Å². The maximum absolute atomic E-state index is 11.9. The molecule has 38 heavy (non-hydrogen) atoms. The van der Waals surface area contributed by atoms with Crippen LogP contribution in [-0.4, -0.2) is 22.1 Å². The summed E-state index contributed by atoms with van der Waals surface area (Å²) in [5.74, 6) is 0.924. The number of nitrogens with zero attached hydrogens (tertiary/aromatic N) is 1. The molecule has 0 saturated carbocycles. The van der Waals surface area contributed by atoms with Gasteiger partial charge in [0.05, 0.1) is 12.2 Å². The summed E-state index contributed by atoms with van der Waals surface area (Å²) in [4.78, 5) is 23.7. The zero-order valence-electron chi connectivity index (χ0n) is 19.7. The molecule has 5 rings (SSSR count). The smallest absolute Gasteiger partial charge is 0.421 e. The van der Waals surface area contributed by atoms with Crippen LogP contribution in [0.2, 0.25) is 0 Å². The van der Waals surface area contributed by atoms with Gasteiger partial charge in [0.15, 0.2) is 0 Å². The predicted octanol–water partition coefficient (Wildman–Crippen LogP) is 0.398. The molecule has 0 aromatic heterocycles. The summed E-state index contributed by atoms with van der Waals surface area (Å²) in [5, 5.41) is 0. The molecule has 8 nitrogen and oxygen atoms in total. The first kappa shape index (κ1) is 26.6. The van der Waals surface area contributed by atoms with Crippen LogP contribution in [0.25, 0.3) is 11.5 Å². The third-order valence-electron chi connectivity index (χ3n) is 5.36. The van der Waals surface area contributed by atoms with Gasteiger partial charge >= 0.3 is 11.8 Å². The van der Waals surface area contributed by atoms with E-state index in [1.54, 1.807) is 12.2 Å². The zero-order valence-corrected chi connectivity index (χ0v) is 20.5. The second-order valence-corrected chi connectivity index (χ2v) is 8.76. The molecule has 2 aliphatic heterocycles. The molecule has 0 radical (unpaired) electrons. The Labute approximate surface area is 220 Å². The number of hydrogen-bond donors (Lipinski definition) is 0. The Balaban J connectivity index is 0.000000617. The van der Waals surface area contributed by atoms with Crippen molar-refractivity contribution in [1.29, 1.82) is 0 Å². The van der Waals surface area contributed by atoms with E-state index in [0.29, 0.717) is 5.71 Å². The van der Waals surface area contributed by atoms with Crippen molar-refractivity contribution in [2.45, 2.75) is 0 Å². The molecule has 0 saturated heterocycles. The first-order valence-electron chi connectivity index (χ1n) is 11.2. The minimum atomic E-state index is -4.94. The maximum Gasteiger partial charge on any atom is 0.421 e. The minimum Gasteiger partial charge on any atom is -0.456 e. The van der Waals surface area contributed by atoms with Gasteiger partial charge in [-0.05, 0) is 35.5 Å². The second-order valence-electron chi connectivity index (χ2n) is 8.00. The van der Waals surface area contributed by atoms with Crippen LogP contribution in [-0.2, 0) is 14.3 Å². The van der Waals surface area contributed by atoms with E-state index < -0.39 is 10.2 Å². The van der Waals surface area contributed by atoms with Crippen molar-refractivity contribution in [2.75, 3.05) is 0 Å². The van der Waals surface area contributed by atoms with Gasteiger partial charge in [-0.25, -0.2) is 28.2 Å². The minimum absolute atomic E-state index is 0.321. The van der Waals surface area contributed by atoms with Crippen molar-refractivity contribution in [3.8, 4) is 0 Å². The molecular formula is C29H20ClNO7. The average molecular weight is 530 g/mol. The lowest BCUT2D eigenvalue weighted by Crippen LogP contribution is -2.68. The standard InChI is InChI=1S/C29H20NO3.ClHO4/c31-28-17-18-29(32)30(28)25-15-13-21(14-16-25)11-12-22-19-26(23-7-3-1-4-8-23)33-27(20-22)24-9-5-2-6-10-24;2-1(3,4)5/h1-20H;(H,2,3,4,5)/q+1;/p-1. The van der Waals surface area contributed by atoms with Gasteiger partial charge in [0.25, 0.3) is 0 Å². The highest BCUT2D eigenvalue weighted by Crippen LogP contribution is 2.32. The fourth-order valence-corrected chi connectivity index (χ4v) is 3.69. The number of imide groups is 1. The summed E-state index contributed by atoms with van der Waals surface area (Å²) in [6.45, 7) is 0. The van der Waals surface area contributed by atoms with Crippen molar-refractivity contribution in [3.05, 3.63) is 144 Å². The van der Waals surface area contributed by atoms with Crippen molar-refractivity contribution in [1.82, 2.24) is 0 Å². The van der Waals surface area contributed by atoms with E-state index in [1.165, 1.54) is 12.2 Å². The molecule has 1 aliphatic carbocycles. The van der Waals surface area contributed by atoms with E-state index in [9.17, 15) is 9.59 Å². The third-order valence-corrected chi connectivity index (χ3v) is 5.36. The number of carbonyl (C=O) groups is 2. The third kappa shape index (κ3) is 7.30. The van der Waals surface area contributed by atoms with E-state index in [0.717, 1.165) is 38.4 Å². The number of benzene rings is 2. The van der Waals surface area contributed by atoms with Gasteiger partial charge in [0.1, 0.15) is 11.5 Å². The van der Waals surface area contributed by atoms with Crippen molar-refractivity contribution < 1.29 is 47.8 Å². The van der Waals surface area contributed by atoms with Crippen molar-refractivity contribution in [3.63, 3.8) is 0 Å². The summed E-state index contributed by atoms with van der Waals surface area (Å²) in [7, 11) is -4.94. The SMILES string of the molecule is O=C1C=CC(=O)[N+]1=C1C=CC(=CC=C2C=C(c3ccccc3)OC(c3ccccc3)=C2)C=C1.[O-][Cl+3]([O-])([O-])[O-]. The summed E-state index contributed by atoms with van der Waals surface area (Å²) in [6.07, 6.45) is 17.9. The molecule has 2 aromatic rings. The van der Waals surface area contributed by atoms with E-state index in [4.69, 9.17) is 23.4 Å². The Morgan fingerprint density at radius 2 is 1.03 bits per heavy atom. The molecule has 0 fully saturated rings. The molecule has 0 spiro atoms. The first-order chi connectivity index (χ1) is 18.2. The number of ether oxygens (including phenoxy) is 1. The molecule has 0 atom stereocenters. The molecule has 0 bridgehead atoms. The van der Waals surface area contributed by atoms with Gasteiger partial charge in [-0.1, -0.05) is 77.4 Å². The van der Waals surface area contributed by atoms with E-state index >= 15 is 0 Å². The number of carbonyl (C=O) groups excluding carboxylic acids is 2. The van der Waals surface area contributed by atoms with Crippen LogP contribution in [0.5, 0.6) is 0 Å². The zero-order chi connectivity index (χ0) is 27.1. The quantitative estimate of drug-likeness (QED) is 0.414. The summed E-state index contributed by atoms with van der Waals surface area (Å²) in [5.41, 5.74) is 4.51. The molecule has 190 valence electrons. The Hall–Kier alpha value is -4.44. The Morgan fingerprint density at radius 3 is 1.47 bits per heavy atom.